The van der Waals surface area contributed by atoms with Crippen molar-refractivity contribution < 1.29 is 24.2 Å². The number of Topliss-reactive ketones (excluding diaryl/α,β-unsaturated/α-hetero) is 3. The van der Waals surface area contributed by atoms with E-state index in [0.717, 1.165) is 6.42 Å². The molecule has 2 bridgehead atoms. The fourth-order valence-corrected chi connectivity index (χ4v) is 6.94. The molecular weight excluding hydrogens is 476 g/mol. The lowest BCUT2D eigenvalue weighted by Gasteiger charge is -2.58. The lowest BCUT2D eigenvalue weighted by atomic mass is 9.45. The van der Waals surface area contributed by atoms with E-state index in [4.69, 9.17) is 4.74 Å². The predicted octanol–water partition coefficient (Wildman–Crippen LogP) is 6.79. The minimum atomic E-state index is -0.955. The van der Waals surface area contributed by atoms with Crippen LogP contribution in [0, 0.1) is 22.7 Å². The Bertz CT molecular complexity index is 1180. The quantitative estimate of drug-likeness (QED) is 0.177. The Morgan fingerprint density at radius 1 is 1.11 bits per heavy atom. The van der Waals surface area contributed by atoms with Crippen molar-refractivity contribution in [2.45, 2.75) is 105 Å². The first-order valence-corrected chi connectivity index (χ1v) is 14.1. The molecule has 1 saturated heterocycles. The van der Waals surface area contributed by atoms with Crippen molar-refractivity contribution >= 4 is 17.3 Å². The van der Waals surface area contributed by atoms with Gasteiger partial charge in [0.05, 0.1) is 16.9 Å². The Labute approximate surface area is 227 Å². The average Bonchev–Trinajstić information content (AvgIpc) is 2.81. The summed E-state index contributed by atoms with van der Waals surface area (Å²) in [7, 11) is 0. The first kappa shape index (κ1) is 28.5. The van der Waals surface area contributed by atoms with Crippen LogP contribution in [0.15, 0.2) is 53.3 Å². The van der Waals surface area contributed by atoms with Gasteiger partial charge in [-0.1, -0.05) is 55.3 Å². The lowest BCUT2D eigenvalue weighted by molar-refractivity contribution is -0.168. The average molecular weight is 521 g/mol. The van der Waals surface area contributed by atoms with E-state index in [-0.39, 0.29) is 28.8 Å². The van der Waals surface area contributed by atoms with Crippen LogP contribution in [0.1, 0.15) is 104 Å². The standard InChI is InChI=1S/C33H44O5/c1-21(2)14-15-23-20-33-19-18-31(5,6)38-29(33)24(26(34)22-12-9-8-10-13-22)27(35)25(28(33)36)32(23,7)17-11-16-30(3,4)37/h8-10,12-14,23,25,37H,11,15-20H2,1-7H3/t23-,25-,32+,33-/m1/s1. The highest BCUT2D eigenvalue weighted by atomic mass is 16.5. The molecule has 206 valence electrons. The number of rotatable bonds is 8. The summed E-state index contributed by atoms with van der Waals surface area (Å²) in [5, 5.41) is 10.4. The third-order valence-corrected chi connectivity index (χ3v) is 9.20. The van der Waals surface area contributed by atoms with Gasteiger partial charge in [0, 0.05) is 5.56 Å². The van der Waals surface area contributed by atoms with E-state index in [2.05, 4.69) is 26.8 Å². The van der Waals surface area contributed by atoms with Gasteiger partial charge in [0.25, 0.3) is 0 Å². The predicted molar refractivity (Wildman–Crippen MR) is 149 cm³/mol. The molecule has 1 aliphatic heterocycles. The molecule has 5 heteroatoms. The molecule has 1 spiro atoms. The maximum absolute atomic E-state index is 14.4. The Balaban J connectivity index is 1.89. The number of carbonyl (C=O) groups excluding carboxylic acids is 3. The molecular formula is C33H44O5. The third-order valence-electron chi connectivity index (χ3n) is 9.20. The molecule has 0 amide bonds. The largest absolute Gasteiger partial charge is 0.490 e. The normalized spacial score (nSPS) is 30.4. The fourth-order valence-electron chi connectivity index (χ4n) is 6.94. The van der Waals surface area contributed by atoms with E-state index in [1.165, 1.54) is 5.57 Å². The molecule has 2 aliphatic carbocycles. The zero-order chi connectivity index (χ0) is 28.1. The number of aliphatic hydroxyl groups is 1. The highest BCUT2D eigenvalue weighted by Gasteiger charge is 2.67. The number of hydrogen-bond donors (Lipinski definition) is 1. The van der Waals surface area contributed by atoms with Crippen molar-refractivity contribution in [2.24, 2.45) is 22.7 Å². The van der Waals surface area contributed by atoms with Gasteiger partial charge in [-0.25, -0.2) is 0 Å². The van der Waals surface area contributed by atoms with E-state index in [0.29, 0.717) is 49.8 Å². The zero-order valence-corrected chi connectivity index (χ0v) is 24.1. The van der Waals surface area contributed by atoms with Gasteiger partial charge in [-0.3, -0.25) is 14.4 Å². The number of hydrogen-bond acceptors (Lipinski definition) is 5. The van der Waals surface area contributed by atoms with Gasteiger partial charge in [-0.15, -0.1) is 0 Å². The summed E-state index contributed by atoms with van der Waals surface area (Å²) in [6, 6.07) is 8.85. The molecule has 4 atom stereocenters. The molecule has 4 rings (SSSR count). The van der Waals surface area contributed by atoms with Gasteiger partial charge >= 0.3 is 0 Å². The summed E-state index contributed by atoms with van der Waals surface area (Å²) >= 11 is 0. The molecule has 1 aromatic carbocycles. The van der Waals surface area contributed by atoms with Crippen LogP contribution < -0.4 is 0 Å². The molecule has 0 aromatic heterocycles. The van der Waals surface area contributed by atoms with Crippen molar-refractivity contribution in [2.75, 3.05) is 0 Å². The van der Waals surface area contributed by atoms with Gasteiger partial charge in [0.2, 0.25) is 0 Å². The maximum Gasteiger partial charge on any atom is 0.200 e. The summed E-state index contributed by atoms with van der Waals surface area (Å²) in [5.74, 6) is -1.33. The number of benzene rings is 1. The number of ketones is 3. The second-order valence-electron chi connectivity index (χ2n) is 13.6. The van der Waals surface area contributed by atoms with Crippen molar-refractivity contribution in [3.63, 3.8) is 0 Å². The van der Waals surface area contributed by atoms with Crippen LogP contribution in [0.2, 0.25) is 0 Å². The molecule has 1 saturated carbocycles. The minimum Gasteiger partial charge on any atom is -0.490 e. The number of allylic oxidation sites excluding steroid dienone is 4. The van der Waals surface area contributed by atoms with E-state index in [1.807, 2.05) is 19.9 Å². The van der Waals surface area contributed by atoms with Crippen LogP contribution in [0.3, 0.4) is 0 Å². The molecule has 1 heterocycles. The Morgan fingerprint density at radius 2 is 1.76 bits per heavy atom. The molecule has 0 unspecified atom stereocenters. The van der Waals surface area contributed by atoms with Gasteiger partial charge in [-0.05, 0) is 91.4 Å². The van der Waals surface area contributed by atoms with Gasteiger partial charge in [0.15, 0.2) is 17.3 Å². The SMILES string of the molecule is CC(C)=CC[C@@H]1C[C@@]23CCC(C)(C)OC2=C(C(=O)c2ccccc2)C(=O)[C@H](C3=O)[C@@]1(C)CCCC(C)(C)O. The third kappa shape index (κ3) is 5.06. The molecule has 1 aromatic rings. The molecule has 2 fully saturated rings. The van der Waals surface area contributed by atoms with E-state index < -0.39 is 27.9 Å². The van der Waals surface area contributed by atoms with Crippen LogP contribution >= 0.6 is 0 Å². The van der Waals surface area contributed by atoms with Crippen LogP contribution in [0.25, 0.3) is 0 Å². The topological polar surface area (TPSA) is 80.7 Å². The van der Waals surface area contributed by atoms with Gasteiger partial charge < -0.3 is 9.84 Å². The summed E-state index contributed by atoms with van der Waals surface area (Å²) < 4.78 is 6.49. The van der Waals surface area contributed by atoms with Gasteiger partial charge in [-0.2, -0.15) is 0 Å². The first-order chi connectivity index (χ1) is 17.6. The van der Waals surface area contributed by atoms with Crippen LogP contribution in [-0.4, -0.2) is 33.7 Å². The number of ether oxygens (including phenoxy) is 1. The molecule has 3 aliphatic rings. The summed E-state index contributed by atoms with van der Waals surface area (Å²) in [4.78, 5) is 42.8. The minimum absolute atomic E-state index is 0.0686. The van der Waals surface area contributed by atoms with Gasteiger partial charge in [0.1, 0.15) is 16.9 Å². The first-order valence-electron chi connectivity index (χ1n) is 14.1. The maximum atomic E-state index is 14.4. The number of carbonyl (C=O) groups is 3. The molecule has 38 heavy (non-hydrogen) atoms. The monoisotopic (exact) mass is 520 g/mol. The molecule has 5 nitrogen and oxygen atoms in total. The zero-order valence-electron chi connectivity index (χ0n) is 24.1. The van der Waals surface area contributed by atoms with Crippen molar-refractivity contribution in [3.05, 3.63) is 58.9 Å². The van der Waals surface area contributed by atoms with E-state index >= 15 is 0 Å². The summed E-state index contributed by atoms with van der Waals surface area (Å²) in [6.45, 7) is 13.7. The summed E-state index contributed by atoms with van der Waals surface area (Å²) in [5.41, 5.74) is -1.27. The fraction of sp³-hybridized carbons (Fsp3) is 0.606. The van der Waals surface area contributed by atoms with Crippen LogP contribution in [0.5, 0.6) is 0 Å². The molecule has 1 N–H and O–H groups in total. The second-order valence-corrected chi connectivity index (χ2v) is 13.6. The Morgan fingerprint density at radius 3 is 2.37 bits per heavy atom. The van der Waals surface area contributed by atoms with Crippen LogP contribution in [-0.2, 0) is 14.3 Å². The smallest absolute Gasteiger partial charge is 0.200 e. The van der Waals surface area contributed by atoms with Crippen molar-refractivity contribution in [3.8, 4) is 0 Å². The highest BCUT2D eigenvalue weighted by Crippen LogP contribution is 2.64. The van der Waals surface area contributed by atoms with E-state index in [9.17, 15) is 19.5 Å². The Kier molecular flexibility index (Phi) is 7.42. The lowest BCUT2D eigenvalue weighted by Crippen LogP contribution is -2.62. The second kappa shape index (κ2) is 9.89. The highest BCUT2D eigenvalue weighted by molar-refractivity contribution is 6.33. The Hall–Kier alpha value is -2.53. The number of fused-ring (bicyclic) bond motifs is 1. The molecule has 0 radical (unpaired) electrons. The van der Waals surface area contributed by atoms with Crippen molar-refractivity contribution in [1.82, 2.24) is 0 Å². The van der Waals surface area contributed by atoms with E-state index in [1.54, 1.807) is 38.1 Å². The van der Waals surface area contributed by atoms with Crippen LogP contribution in [0.4, 0.5) is 0 Å². The van der Waals surface area contributed by atoms with Crippen molar-refractivity contribution in [1.29, 1.82) is 0 Å². The summed E-state index contributed by atoms with van der Waals surface area (Å²) in [6.07, 6.45) is 6.69.